The van der Waals surface area contributed by atoms with Gasteiger partial charge >= 0.3 is 0 Å². The summed E-state index contributed by atoms with van der Waals surface area (Å²) in [7, 11) is 0. The van der Waals surface area contributed by atoms with E-state index in [4.69, 9.17) is 11.6 Å². The minimum atomic E-state index is -1.11. The van der Waals surface area contributed by atoms with Crippen LogP contribution in [0.3, 0.4) is 0 Å². The fourth-order valence-corrected chi connectivity index (χ4v) is 4.41. The zero-order chi connectivity index (χ0) is 21.5. The Morgan fingerprint density at radius 2 is 1.73 bits per heavy atom. The molecule has 3 aromatic carbocycles. The van der Waals surface area contributed by atoms with Crippen molar-refractivity contribution in [3.05, 3.63) is 109 Å². The van der Waals surface area contributed by atoms with Crippen LogP contribution in [0.5, 0.6) is 0 Å². The lowest BCUT2D eigenvalue weighted by Crippen LogP contribution is -2.47. The third-order valence-corrected chi connectivity index (χ3v) is 6.15. The zero-order valence-electron chi connectivity index (χ0n) is 15.6. The van der Waals surface area contributed by atoms with E-state index in [2.05, 4.69) is 15.9 Å². The highest BCUT2D eigenvalue weighted by Gasteiger charge is 2.50. The van der Waals surface area contributed by atoms with Crippen molar-refractivity contribution >= 4 is 39.1 Å². The molecule has 1 N–H and O–H groups in total. The second kappa shape index (κ2) is 7.83. The maximum atomic E-state index is 13.4. The maximum Gasteiger partial charge on any atom is 0.269 e. The van der Waals surface area contributed by atoms with Crippen LogP contribution in [0.15, 0.2) is 71.2 Å². The molecular formula is C22H16BrClN2O4. The predicted octanol–water partition coefficient (Wildman–Crippen LogP) is 4.90. The topological polar surface area (TPSA) is 83.7 Å². The van der Waals surface area contributed by atoms with Gasteiger partial charge in [0.25, 0.3) is 11.6 Å². The molecule has 0 fully saturated rings. The average molecular weight is 488 g/mol. The maximum absolute atomic E-state index is 13.4. The number of carbonyl (C=O) groups is 1. The van der Waals surface area contributed by atoms with Crippen molar-refractivity contribution < 1.29 is 14.8 Å². The van der Waals surface area contributed by atoms with Gasteiger partial charge < -0.3 is 10.0 Å². The largest absolute Gasteiger partial charge is 0.393 e. The molecule has 0 saturated heterocycles. The average Bonchev–Trinajstić information content (AvgIpc) is 2.97. The van der Waals surface area contributed by atoms with E-state index in [1.807, 2.05) is 6.07 Å². The number of aliphatic hydroxyl groups is 1. The van der Waals surface area contributed by atoms with Gasteiger partial charge in [0.1, 0.15) is 5.54 Å². The molecule has 152 valence electrons. The van der Waals surface area contributed by atoms with E-state index in [0.717, 1.165) is 10.0 Å². The van der Waals surface area contributed by atoms with Gasteiger partial charge in [-0.15, -0.1) is 0 Å². The zero-order valence-corrected chi connectivity index (χ0v) is 17.9. The van der Waals surface area contributed by atoms with Crippen LogP contribution in [-0.4, -0.2) is 27.4 Å². The molecule has 1 unspecified atom stereocenters. The molecule has 0 bridgehead atoms. The third-order valence-electron chi connectivity index (χ3n) is 5.40. The monoisotopic (exact) mass is 486 g/mol. The standard InChI is InChI=1S/C22H16BrClN2O4/c23-16-5-10-19-20(11-16)22(13-27,15-3-6-17(24)7-4-15)25(21(19)28)12-14-1-8-18(9-2-14)26(29)30/h1-11,27H,12-13H2. The third kappa shape index (κ3) is 3.29. The number of halogens is 2. The summed E-state index contributed by atoms with van der Waals surface area (Å²) >= 11 is 9.52. The van der Waals surface area contributed by atoms with Crippen LogP contribution >= 0.6 is 27.5 Å². The van der Waals surface area contributed by atoms with Crippen molar-refractivity contribution in [2.45, 2.75) is 12.1 Å². The highest BCUT2D eigenvalue weighted by atomic mass is 79.9. The lowest BCUT2D eigenvalue weighted by atomic mass is 9.83. The van der Waals surface area contributed by atoms with Gasteiger partial charge in [-0.25, -0.2) is 0 Å². The van der Waals surface area contributed by atoms with Gasteiger partial charge in [0.05, 0.1) is 11.5 Å². The number of amides is 1. The van der Waals surface area contributed by atoms with Crippen LogP contribution < -0.4 is 0 Å². The van der Waals surface area contributed by atoms with Gasteiger partial charge in [0.2, 0.25) is 0 Å². The van der Waals surface area contributed by atoms with Crippen LogP contribution in [0.25, 0.3) is 0 Å². The van der Waals surface area contributed by atoms with Crippen molar-refractivity contribution in [3.8, 4) is 0 Å². The van der Waals surface area contributed by atoms with Crippen molar-refractivity contribution in [3.63, 3.8) is 0 Å². The van der Waals surface area contributed by atoms with Crippen LogP contribution in [0.2, 0.25) is 5.02 Å². The second-order valence-electron chi connectivity index (χ2n) is 7.03. The molecule has 0 radical (unpaired) electrons. The number of non-ortho nitro benzene ring substituents is 1. The molecule has 0 saturated carbocycles. The first-order chi connectivity index (χ1) is 14.4. The summed E-state index contributed by atoms with van der Waals surface area (Å²) in [6.45, 7) is -0.164. The minimum Gasteiger partial charge on any atom is -0.393 e. The van der Waals surface area contributed by atoms with Crippen LogP contribution in [0.4, 0.5) is 5.69 Å². The van der Waals surface area contributed by atoms with Gasteiger partial charge in [0, 0.05) is 33.7 Å². The number of hydrogen-bond acceptors (Lipinski definition) is 4. The Balaban J connectivity index is 1.86. The number of benzene rings is 3. The molecule has 8 heteroatoms. The fourth-order valence-electron chi connectivity index (χ4n) is 3.92. The first-order valence-electron chi connectivity index (χ1n) is 9.09. The van der Waals surface area contributed by atoms with Gasteiger partial charge in [-0.2, -0.15) is 0 Å². The molecule has 1 aliphatic rings. The number of hydrogen-bond donors (Lipinski definition) is 1. The molecule has 3 aromatic rings. The lowest BCUT2D eigenvalue weighted by molar-refractivity contribution is -0.384. The Morgan fingerprint density at radius 3 is 2.33 bits per heavy atom. The molecule has 0 spiro atoms. The Morgan fingerprint density at radius 1 is 1.07 bits per heavy atom. The number of fused-ring (bicyclic) bond motifs is 1. The van der Waals surface area contributed by atoms with Crippen LogP contribution in [-0.2, 0) is 12.1 Å². The van der Waals surface area contributed by atoms with Crippen LogP contribution in [0.1, 0.15) is 27.0 Å². The number of nitro benzene ring substituents is 1. The number of nitro groups is 1. The number of rotatable bonds is 5. The molecule has 0 aliphatic carbocycles. The van der Waals surface area contributed by atoms with E-state index in [1.165, 1.54) is 12.1 Å². The number of nitrogens with zero attached hydrogens (tertiary/aromatic N) is 2. The smallest absolute Gasteiger partial charge is 0.269 e. The SMILES string of the molecule is O=C1c2ccc(Br)cc2C(CO)(c2ccc(Cl)cc2)N1Cc1ccc([N+](=O)[O-])cc1. The number of aliphatic hydroxyl groups excluding tert-OH is 1. The normalized spacial score (nSPS) is 17.8. The van der Waals surface area contributed by atoms with E-state index in [9.17, 15) is 20.0 Å². The summed E-state index contributed by atoms with van der Waals surface area (Å²) in [5.41, 5.74) is 1.50. The summed E-state index contributed by atoms with van der Waals surface area (Å²) in [6.07, 6.45) is 0. The van der Waals surface area contributed by atoms with Crippen molar-refractivity contribution in [2.24, 2.45) is 0 Å². The first-order valence-corrected chi connectivity index (χ1v) is 10.3. The highest BCUT2D eigenvalue weighted by molar-refractivity contribution is 9.10. The summed E-state index contributed by atoms with van der Waals surface area (Å²) in [6, 6.07) is 18.4. The van der Waals surface area contributed by atoms with Gasteiger partial charge in [-0.1, -0.05) is 51.8 Å². The summed E-state index contributed by atoms with van der Waals surface area (Å²) in [5.74, 6) is -0.222. The Hall–Kier alpha value is -2.74. The van der Waals surface area contributed by atoms with Gasteiger partial charge in [-0.05, 0) is 47.0 Å². The minimum absolute atomic E-state index is 0.0233. The van der Waals surface area contributed by atoms with E-state index >= 15 is 0 Å². The molecule has 1 atom stereocenters. The number of carbonyl (C=O) groups excluding carboxylic acids is 1. The fraction of sp³-hybridized carbons (Fsp3) is 0.136. The molecule has 6 nitrogen and oxygen atoms in total. The highest BCUT2D eigenvalue weighted by Crippen LogP contribution is 2.46. The molecule has 1 aliphatic heterocycles. The van der Waals surface area contributed by atoms with E-state index in [-0.39, 0.29) is 24.7 Å². The van der Waals surface area contributed by atoms with E-state index in [1.54, 1.807) is 53.4 Å². The molecular weight excluding hydrogens is 472 g/mol. The first kappa shape index (κ1) is 20.5. The molecule has 1 amide bonds. The predicted molar refractivity (Wildman–Crippen MR) is 116 cm³/mol. The van der Waals surface area contributed by atoms with Gasteiger partial charge in [-0.3, -0.25) is 14.9 Å². The Labute approximate surface area is 186 Å². The molecule has 0 aromatic heterocycles. The Kier molecular flexibility index (Phi) is 5.36. The van der Waals surface area contributed by atoms with E-state index < -0.39 is 10.5 Å². The summed E-state index contributed by atoms with van der Waals surface area (Å²) in [5, 5.41) is 22.1. The van der Waals surface area contributed by atoms with Gasteiger partial charge in [0.15, 0.2) is 0 Å². The lowest BCUT2D eigenvalue weighted by Gasteiger charge is -2.38. The molecule has 4 rings (SSSR count). The summed E-state index contributed by atoms with van der Waals surface area (Å²) in [4.78, 5) is 25.4. The van der Waals surface area contributed by atoms with Crippen molar-refractivity contribution in [2.75, 3.05) is 6.61 Å². The summed E-state index contributed by atoms with van der Waals surface area (Å²) < 4.78 is 0.790. The molecule has 1 heterocycles. The van der Waals surface area contributed by atoms with Crippen molar-refractivity contribution in [1.29, 1.82) is 0 Å². The quantitative estimate of drug-likeness (QED) is 0.410. The molecule has 30 heavy (non-hydrogen) atoms. The van der Waals surface area contributed by atoms with Crippen LogP contribution in [0, 0.1) is 10.1 Å². The van der Waals surface area contributed by atoms with E-state index in [0.29, 0.717) is 21.7 Å². The Bertz CT molecular complexity index is 1130. The van der Waals surface area contributed by atoms with Crippen molar-refractivity contribution in [1.82, 2.24) is 4.90 Å². The second-order valence-corrected chi connectivity index (χ2v) is 8.38.